The molecule has 1 aromatic rings. The average molecular weight is 350 g/mol. The number of aromatic amines is 1. The molecular formula is C6H2F3IN2O4. The molecule has 16 heavy (non-hydrogen) atoms. The Morgan fingerprint density at radius 1 is 1.50 bits per heavy atom. The molecule has 1 heterocycles. The summed E-state index contributed by atoms with van der Waals surface area (Å²) in [7, 11) is 0. The lowest BCUT2D eigenvalue weighted by Crippen LogP contribution is -2.24. The quantitative estimate of drug-likeness (QED) is 0.501. The van der Waals surface area contributed by atoms with Gasteiger partial charge in [-0.15, -0.1) is 13.2 Å². The molecule has 0 aliphatic carbocycles. The minimum Gasteiger partial charge on any atom is -0.392 e. The van der Waals surface area contributed by atoms with Crippen molar-refractivity contribution in [2.45, 2.75) is 6.36 Å². The van der Waals surface area contributed by atoms with Crippen molar-refractivity contribution in [2.24, 2.45) is 0 Å². The Balaban J connectivity index is 3.41. The van der Waals surface area contributed by atoms with Crippen LogP contribution in [0.25, 0.3) is 0 Å². The molecule has 0 aromatic carbocycles. The number of hydrogen-bond donors (Lipinski definition) is 1. The van der Waals surface area contributed by atoms with Crippen molar-refractivity contribution in [3.8, 4) is 5.75 Å². The topological polar surface area (TPSA) is 85.2 Å². The van der Waals surface area contributed by atoms with E-state index in [2.05, 4.69) is 4.74 Å². The average Bonchev–Trinajstić information content (AvgIpc) is 2.08. The lowest BCUT2D eigenvalue weighted by molar-refractivity contribution is -0.389. The zero-order valence-electron chi connectivity index (χ0n) is 7.17. The first kappa shape index (κ1) is 12.7. The van der Waals surface area contributed by atoms with Crippen LogP contribution in [0.1, 0.15) is 0 Å². The fraction of sp³-hybridized carbons (Fsp3) is 0.167. The number of ether oxygens (including phenoxy) is 1. The van der Waals surface area contributed by atoms with E-state index < -0.39 is 28.3 Å². The molecule has 0 aliphatic heterocycles. The minimum absolute atomic E-state index is 0.165. The van der Waals surface area contributed by atoms with Crippen LogP contribution < -0.4 is 10.3 Å². The second-order valence-electron chi connectivity index (χ2n) is 2.45. The summed E-state index contributed by atoms with van der Waals surface area (Å²) >= 11 is 1.41. The van der Waals surface area contributed by atoms with Crippen LogP contribution in [-0.2, 0) is 0 Å². The number of pyridine rings is 1. The van der Waals surface area contributed by atoms with Crippen LogP contribution in [0.2, 0.25) is 0 Å². The Morgan fingerprint density at radius 3 is 2.50 bits per heavy atom. The number of aromatic nitrogens is 1. The molecule has 0 bridgehead atoms. The van der Waals surface area contributed by atoms with E-state index in [0.717, 1.165) is 6.20 Å². The van der Waals surface area contributed by atoms with Crippen molar-refractivity contribution in [2.75, 3.05) is 0 Å². The van der Waals surface area contributed by atoms with Crippen LogP contribution in [0.5, 0.6) is 5.75 Å². The van der Waals surface area contributed by atoms with Gasteiger partial charge in [-0.05, 0) is 22.6 Å². The van der Waals surface area contributed by atoms with E-state index in [4.69, 9.17) is 0 Å². The number of halogens is 4. The van der Waals surface area contributed by atoms with E-state index in [1.807, 2.05) is 4.98 Å². The summed E-state index contributed by atoms with van der Waals surface area (Å²) < 4.78 is 38.8. The summed E-state index contributed by atoms with van der Waals surface area (Å²) in [6, 6.07) is 0. The molecule has 0 saturated carbocycles. The van der Waals surface area contributed by atoms with E-state index in [1.54, 1.807) is 0 Å². The molecule has 1 N–H and O–H groups in total. The predicted octanol–water partition coefficient (Wildman–Crippen LogP) is 1.79. The standard InChI is InChI=1S/C6H2F3IN2O4/c7-6(8,9)16-4-3(12(14)15)2(10)1-11-5(4)13/h1H,(H,11,13). The summed E-state index contributed by atoms with van der Waals surface area (Å²) in [6.45, 7) is 0. The van der Waals surface area contributed by atoms with Crippen LogP contribution in [0.4, 0.5) is 18.9 Å². The van der Waals surface area contributed by atoms with Gasteiger partial charge in [0.05, 0.1) is 4.92 Å². The van der Waals surface area contributed by atoms with E-state index in [9.17, 15) is 28.1 Å². The van der Waals surface area contributed by atoms with Gasteiger partial charge in [-0.2, -0.15) is 0 Å². The van der Waals surface area contributed by atoms with Gasteiger partial charge in [-0.1, -0.05) is 0 Å². The highest BCUT2D eigenvalue weighted by Crippen LogP contribution is 2.31. The van der Waals surface area contributed by atoms with E-state index >= 15 is 0 Å². The van der Waals surface area contributed by atoms with Gasteiger partial charge in [0.25, 0.3) is 11.3 Å². The fourth-order valence-corrected chi connectivity index (χ4v) is 1.46. The zero-order valence-corrected chi connectivity index (χ0v) is 9.33. The maximum atomic E-state index is 11.9. The summed E-state index contributed by atoms with van der Waals surface area (Å²) in [6.07, 6.45) is -4.24. The molecule has 10 heteroatoms. The third kappa shape index (κ3) is 2.84. The van der Waals surface area contributed by atoms with Crippen molar-refractivity contribution >= 4 is 28.3 Å². The number of alkyl halides is 3. The second kappa shape index (κ2) is 4.27. The highest BCUT2D eigenvalue weighted by atomic mass is 127. The molecule has 0 unspecified atom stereocenters. The molecule has 0 atom stereocenters. The maximum absolute atomic E-state index is 11.9. The lowest BCUT2D eigenvalue weighted by atomic mass is 10.4. The molecule has 1 rings (SSSR count). The van der Waals surface area contributed by atoms with Crippen molar-refractivity contribution < 1.29 is 22.8 Å². The Kier molecular flexibility index (Phi) is 3.40. The van der Waals surface area contributed by atoms with Gasteiger partial charge in [-0.25, -0.2) is 0 Å². The van der Waals surface area contributed by atoms with Crippen molar-refractivity contribution in [3.05, 3.63) is 30.2 Å². The number of hydrogen-bond acceptors (Lipinski definition) is 4. The highest BCUT2D eigenvalue weighted by Gasteiger charge is 2.37. The zero-order chi connectivity index (χ0) is 12.5. The van der Waals surface area contributed by atoms with Crippen LogP contribution in [0, 0.1) is 13.7 Å². The van der Waals surface area contributed by atoms with Gasteiger partial charge in [-0.3, -0.25) is 14.9 Å². The number of nitro groups is 1. The molecule has 88 valence electrons. The molecule has 0 spiro atoms. The SMILES string of the molecule is O=c1[nH]cc(I)c([N+](=O)[O-])c1OC(F)(F)F. The molecule has 0 saturated heterocycles. The molecule has 0 radical (unpaired) electrons. The van der Waals surface area contributed by atoms with Gasteiger partial charge in [0.2, 0.25) is 0 Å². The van der Waals surface area contributed by atoms with Crippen molar-refractivity contribution in [3.63, 3.8) is 0 Å². The molecule has 0 aliphatic rings. The summed E-state index contributed by atoms with van der Waals surface area (Å²) in [5.41, 5.74) is -2.33. The monoisotopic (exact) mass is 350 g/mol. The largest absolute Gasteiger partial charge is 0.573 e. The smallest absolute Gasteiger partial charge is 0.392 e. The fourth-order valence-electron chi connectivity index (χ4n) is 0.859. The van der Waals surface area contributed by atoms with Crippen LogP contribution in [0.15, 0.2) is 11.0 Å². The van der Waals surface area contributed by atoms with Gasteiger partial charge >= 0.3 is 12.0 Å². The van der Waals surface area contributed by atoms with Crippen molar-refractivity contribution in [1.29, 1.82) is 0 Å². The van der Waals surface area contributed by atoms with E-state index in [1.165, 1.54) is 22.6 Å². The van der Waals surface area contributed by atoms with Gasteiger partial charge in [0.15, 0.2) is 0 Å². The first-order valence-corrected chi connectivity index (χ1v) is 4.61. The van der Waals surface area contributed by atoms with Gasteiger partial charge in [0, 0.05) is 6.20 Å². The van der Waals surface area contributed by atoms with Crippen molar-refractivity contribution in [1.82, 2.24) is 4.98 Å². The summed E-state index contributed by atoms with van der Waals surface area (Å²) in [4.78, 5) is 22.2. The van der Waals surface area contributed by atoms with Gasteiger partial charge in [0.1, 0.15) is 3.57 Å². The first-order valence-electron chi connectivity index (χ1n) is 3.53. The summed E-state index contributed by atoms with van der Waals surface area (Å²) in [5, 5.41) is 10.5. The molecule has 6 nitrogen and oxygen atoms in total. The molecule has 1 aromatic heterocycles. The highest BCUT2D eigenvalue weighted by molar-refractivity contribution is 14.1. The lowest BCUT2D eigenvalue weighted by Gasteiger charge is -2.08. The molecular weight excluding hydrogens is 348 g/mol. The Morgan fingerprint density at radius 2 is 2.06 bits per heavy atom. The number of H-pyrrole nitrogens is 1. The van der Waals surface area contributed by atoms with E-state index in [0.29, 0.717) is 0 Å². The third-order valence-electron chi connectivity index (χ3n) is 1.38. The van der Waals surface area contributed by atoms with Crippen LogP contribution in [-0.4, -0.2) is 16.3 Å². The molecule has 0 fully saturated rings. The van der Waals surface area contributed by atoms with E-state index in [-0.39, 0.29) is 3.57 Å². The van der Waals surface area contributed by atoms with Gasteiger partial charge < -0.3 is 9.72 Å². The Labute approximate surface area is 98.7 Å². The third-order valence-corrected chi connectivity index (χ3v) is 2.20. The number of nitrogens with zero attached hydrogens (tertiary/aromatic N) is 1. The minimum atomic E-state index is -5.16. The molecule has 0 amide bonds. The summed E-state index contributed by atoms with van der Waals surface area (Å²) in [5.74, 6) is -1.37. The number of nitrogens with one attached hydrogen (secondary N) is 1. The van der Waals surface area contributed by atoms with Crippen LogP contribution in [0.3, 0.4) is 0 Å². The maximum Gasteiger partial charge on any atom is 0.573 e. The second-order valence-corrected chi connectivity index (χ2v) is 3.61. The predicted molar refractivity (Wildman–Crippen MR) is 53.1 cm³/mol. The Hall–Kier alpha value is -1.33. The Bertz CT molecular complexity index is 484. The first-order chi connectivity index (χ1) is 7.22. The van der Waals surface area contributed by atoms with Crippen LogP contribution >= 0.6 is 22.6 Å². The normalized spacial score (nSPS) is 11.2. The number of rotatable bonds is 2.